The van der Waals surface area contributed by atoms with E-state index in [9.17, 15) is 0 Å². The predicted molar refractivity (Wildman–Crippen MR) is 81.0 cm³/mol. The third kappa shape index (κ3) is 4.30. The minimum atomic E-state index is 0.686. The first-order valence-electron chi connectivity index (χ1n) is 7.54. The Morgan fingerprint density at radius 2 is 2.11 bits per heavy atom. The Kier molecular flexibility index (Phi) is 5.83. The summed E-state index contributed by atoms with van der Waals surface area (Å²) >= 11 is 0. The molecule has 106 valence electrons. The van der Waals surface area contributed by atoms with Crippen molar-refractivity contribution in [2.75, 3.05) is 32.7 Å². The highest BCUT2D eigenvalue weighted by Gasteiger charge is 2.23. The maximum Gasteiger partial charge on any atom is 0.0237 e. The van der Waals surface area contributed by atoms with Crippen LogP contribution in [-0.2, 0) is 6.54 Å². The third-order valence-corrected chi connectivity index (χ3v) is 4.08. The van der Waals surface area contributed by atoms with Gasteiger partial charge in [-0.1, -0.05) is 37.3 Å². The first-order chi connectivity index (χ1) is 9.33. The summed E-state index contributed by atoms with van der Waals surface area (Å²) in [5.74, 6) is 0. The molecule has 0 amide bonds. The van der Waals surface area contributed by atoms with Crippen LogP contribution in [0.1, 0.15) is 25.3 Å². The number of hydrogen-bond donors (Lipinski definition) is 1. The van der Waals surface area contributed by atoms with Gasteiger partial charge in [0.1, 0.15) is 0 Å². The van der Waals surface area contributed by atoms with E-state index in [4.69, 9.17) is 5.73 Å². The summed E-state index contributed by atoms with van der Waals surface area (Å²) in [6.07, 6.45) is 2.62. The lowest BCUT2D eigenvalue weighted by Crippen LogP contribution is -2.48. The largest absolute Gasteiger partial charge is 0.329 e. The summed E-state index contributed by atoms with van der Waals surface area (Å²) in [5.41, 5.74) is 7.10. The van der Waals surface area contributed by atoms with Gasteiger partial charge in [0.25, 0.3) is 0 Å². The first kappa shape index (κ1) is 14.5. The summed E-state index contributed by atoms with van der Waals surface area (Å²) in [7, 11) is 0. The normalized spacial score (nSPS) is 20.9. The second-order valence-corrected chi connectivity index (χ2v) is 5.43. The molecule has 1 unspecified atom stereocenters. The van der Waals surface area contributed by atoms with Gasteiger partial charge < -0.3 is 10.6 Å². The van der Waals surface area contributed by atoms with Crippen molar-refractivity contribution < 1.29 is 0 Å². The Hall–Kier alpha value is -0.900. The van der Waals surface area contributed by atoms with E-state index in [1.54, 1.807) is 0 Å². The molecule has 2 N–H and O–H groups in total. The molecule has 1 aromatic carbocycles. The number of piperidine rings is 1. The molecule has 3 heteroatoms. The molecule has 0 radical (unpaired) electrons. The number of rotatable bonds is 6. The summed E-state index contributed by atoms with van der Waals surface area (Å²) in [5, 5.41) is 0. The summed E-state index contributed by atoms with van der Waals surface area (Å²) in [6.45, 7) is 8.67. The fourth-order valence-electron chi connectivity index (χ4n) is 3.03. The van der Waals surface area contributed by atoms with Crippen molar-refractivity contribution in [1.29, 1.82) is 0 Å². The molecule has 0 bridgehead atoms. The van der Waals surface area contributed by atoms with E-state index in [0.29, 0.717) is 6.04 Å². The molecule has 0 spiro atoms. The molecule has 19 heavy (non-hydrogen) atoms. The monoisotopic (exact) mass is 261 g/mol. The summed E-state index contributed by atoms with van der Waals surface area (Å²) < 4.78 is 0. The van der Waals surface area contributed by atoms with Crippen LogP contribution in [0.15, 0.2) is 30.3 Å². The van der Waals surface area contributed by atoms with E-state index in [0.717, 1.165) is 26.2 Å². The van der Waals surface area contributed by atoms with Crippen molar-refractivity contribution in [3.05, 3.63) is 35.9 Å². The average Bonchev–Trinajstić information content (AvgIpc) is 2.46. The van der Waals surface area contributed by atoms with E-state index in [-0.39, 0.29) is 0 Å². The molecule has 2 rings (SSSR count). The Morgan fingerprint density at radius 3 is 2.79 bits per heavy atom. The summed E-state index contributed by atoms with van der Waals surface area (Å²) in [4.78, 5) is 5.12. The van der Waals surface area contributed by atoms with Crippen molar-refractivity contribution >= 4 is 0 Å². The standard InChI is InChI=1S/C16H27N3/c1-2-19(13-15-7-4-3-5-8-15)16-9-6-11-18(14-16)12-10-17/h3-5,7-8,16H,2,6,9-14,17H2,1H3. The Bertz CT molecular complexity index is 350. The lowest BCUT2D eigenvalue weighted by molar-refractivity contribution is 0.0977. The number of likely N-dealkylation sites (tertiary alicyclic amines) is 1. The number of nitrogens with zero attached hydrogens (tertiary/aromatic N) is 2. The van der Waals surface area contributed by atoms with Crippen LogP contribution < -0.4 is 5.73 Å². The van der Waals surface area contributed by atoms with Crippen molar-refractivity contribution in [1.82, 2.24) is 9.80 Å². The van der Waals surface area contributed by atoms with Crippen LogP contribution in [-0.4, -0.2) is 48.6 Å². The zero-order chi connectivity index (χ0) is 13.5. The molecule has 1 aliphatic heterocycles. The predicted octanol–water partition coefficient (Wildman–Crippen LogP) is 1.93. The van der Waals surface area contributed by atoms with Crippen LogP contribution in [0.3, 0.4) is 0 Å². The highest BCUT2D eigenvalue weighted by Crippen LogP contribution is 2.17. The van der Waals surface area contributed by atoms with Gasteiger partial charge in [-0.3, -0.25) is 4.90 Å². The molecule has 1 atom stereocenters. The van der Waals surface area contributed by atoms with Crippen LogP contribution in [0.4, 0.5) is 0 Å². The summed E-state index contributed by atoms with van der Waals surface area (Å²) in [6, 6.07) is 11.5. The molecule has 1 heterocycles. The van der Waals surface area contributed by atoms with Crippen molar-refractivity contribution in [3.8, 4) is 0 Å². The first-order valence-corrected chi connectivity index (χ1v) is 7.54. The fraction of sp³-hybridized carbons (Fsp3) is 0.625. The number of nitrogens with two attached hydrogens (primary N) is 1. The quantitative estimate of drug-likeness (QED) is 0.849. The molecule has 0 aromatic heterocycles. The number of benzene rings is 1. The van der Waals surface area contributed by atoms with Crippen molar-refractivity contribution in [2.45, 2.75) is 32.4 Å². The van der Waals surface area contributed by atoms with Gasteiger partial charge in [-0.2, -0.15) is 0 Å². The van der Waals surface area contributed by atoms with Crippen LogP contribution >= 0.6 is 0 Å². The minimum Gasteiger partial charge on any atom is -0.329 e. The van der Waals surface area contributed by atoms with E-state index in [2.05, 4.69) is 47.1 Å². The third-order valence-electron chi connectivity index (χ3n) is 4.08. The van der Waals surface area contributed by atoms with Crippen LogP contribution in [0.2, 0.25) is 0 Å². The maximum absolute atomic E-state index is 5.68. The molecule has 1 saturated heterocycles. The van der Waals surface area contributed by atoms with E-state index < -0.39 is 0 Å². The molecular formula is C16H27N3. The van der Waals surface area contributed by atoms with Gasteiger partial charge in [0, 0.05) is 32.2 Å². The zero-order valence-electron chi connectivity index (χ0n) is 12.1. The molecule has 0 aliphatic carbocycles. The number of hydrogen-bond acceptors (Lipinski definition) is 3. The molecular weight excluding hydrogens is 234 g/mol. The van der Waals surface area contributed by atoms with Gasteiger partial charge in [-0.05, 0) is 31.5 Å². The van der Waals surface area contributed by atoms with Gasteiger partial charge in [0.15, 0.2) is 0 Å². The zero-order valence-corrected chi connectivity index (χ0v) is 12.1. The van der Waals surface area contributed by atoms with E-state index >= 15 is 0 Å². The SMILES string of the molecule is CCN(Cc1ccccc1)C1CCCN(CCN)C1. The van der Waals surface area contributed by atoms with Gasteiger partial charge in [-0.15, -0.1) is 0 Å². The molecule has 3 nitrogen and oxygen atoms in total. The van der Waals surface area contributed by atoms with Crippen molar-refractivity contribution in [2.24, 2.45) is 5.73 Å². The Labute approximate surface area is 117 Å². The van der Waals surface area contributed by atoms with Gasteiger partial charge >= 0.3 is 0 Å². The van der Waals surface area contributed by atoms with Crippen molar-refractivity contribution in [3.63, 3.8) is 0 Å². The number of likely N-dealkylation sites (N-methyl/N-ethyl adjacent to an activating group) is 1. The Balaban J connectivity index is 1.93. The average molecular weight is 261 g/mol. The van der Waals surface area contributed by atoms with Crippen LogP contribution in [0, 0.1) is 0 Å². The van der Waals surface area contributed by atoms with Crippen LogP contribution in [0.5, 0.6) is 0 Å². The smallest absolute Gasteiger partial charge is 0.0237 e. The Morgan fingerprint density at radius 1 is 1.32 bits per heavy atom. The maximum atomic E-state index is 5.68. The van der Waals surface area contributed by atoms with E-state index in [1.165, 1.54) is 31.5 Å². The minimum absolute atomic E-state index is 0.686. The lowest BCUT2D eigenvalue weighted by Gasteiger charge is -2.39. The highest BCUT2D eigenvalue weighted by atomic mass is 15.2. The second-order valence-electron chi connectivity index (χ2n) is 5.43. The highest BCUT2D eigenvalue weighted by molar-refractivity contribution is 5.14. The molecule has 1 fully saturated rings. The van der Waals surface area contributed by atoms with Gasteiger partial charge in [-0.25, -0.2) is 0 Å². The van der Waals surface area contributed by atoms with Crippen LogP contribution in [0.25, 0.3) is 0 Å². The van der Waals surface area contributed by atoms with Gasteiger partial charge in [0.05, 0.1) is 0 Å². The fourth-order valence-corrected chi connectivity index (χ4v) is 3.03. The topological polar surface area (TPSA) is 32.5 Å². The molecule has 1 aromatic rings. The van der Waals surface area contributed by atoms with E-state index in [1.807, 2.05) is 0 Å². The molecule has 1 aliphatic rings. The second kappa shape index (κ2) is 7.63. The lowest BCUT2D eigenvalue weighted by atomic mass is 10.0. The molecule has 0 saturated carbocycles. The van der Waals surface area contributed by atoms with Gasteiger partial charge in [0.2, 0.25) is 0 Å².